The minimum atomic E-state index is 0.171. The van der Waals surface area contributed by atoms with Gasteiger partial charge in [-0.3, -0.25) is 5.32 Å². The van der Waals surface area contributed by atoms with Crippen LogP contribution < -0.4 is 10.1 Å². The molecule has 0 aromatic heterocycles. The summed E-state index contributed by atoms with van der Waals surface area (Å²) < 4.78 is 5.36. The molecule has 1 N–H and O–H groups in total. The minimum absolute atomic E-state index is 0.171. The van der Waals surface area contributed by atoms with Crippen molar-refractivity contribution >= 4 is 11.8 Å². The third kappa shape index (κ3) is 1.76. The molecular formula is C14H19NOS. The summed E-state index contributed by atoms with van der Waals surface area (Å²) in [7, 11) is 1.74. The molecule has 1 spiro atoms. The van der Waals surface area contributed by atoms with Gasteiger partial charge >= 0.3 is 0 Å². The molecule has 0 radical (unpaired) electrons. The van der Waals surface area contributed by atoms with Crippen LogP contribution in [0.15, 0.2) is 18.2 Å². The van der Waals surface area contributed by atoms with E-state index in [0.717, 1.165) is 5.75 Å². The highest BCUT2D eigenvalue weighted by atomic mass is 32.2. The van der Waals surface area contributed by atoms with E-state index in [4.69, 9.17) is 4.74 Å². The number of hydrogen-bond donors (Lipinski definition) is 1. The normalized spacial score (nSPS) is 30.8. The average molecular weight is 249 g/mol. The number of aryl methyl sites for hydroxylation is 1. The molecule has 17 heavy (non-hydrogen) atoms. The number of methoxy groups -OCH3 is 1. The van der Waals surface area contributed by atoms with Crippen molar-refractivity contribution in [2.75, 3.05) is 12.9 Å². The van der Waals surface area contributed by atoms with E-state index in [0.29, 0.717) is 6.04 Å². The summed E-state index contributed by atoms with van der Waals surface area (Å²) in [6.45, 7) is 2.26. The lowest BCUT2D eigenvalue weighted by Gasteiger charge is -2.25. The molecule has 1 heterocycles. The Labute approximate surface area is 107 Å². The molecule has 0 bridgehead atoms. The third-order valence-corrected chi connectivity index (χ3v) is 5.56. The first-order valence-corrected chi connectivity index (χ1v) is 7.35. The molecular weight excluding hydrogens is 230 g/mol. The van der Waals surface area contributed by atoms with Crippen LogP contribution in [-0.2, 0) is 11.3 Å². The molecule has 2 nitrogen and oxygen atoms in total. The van der Waals surface area contributed by atoms with Crippen molar-refractivity contribution in [2.24, 2.45) is 0 Å². The van der Waals surface area contributed by atoms with Crippen molar-refractivity contribution in [3.8, 4) is 5.75 Å². The Balaban J connectivity index is 1.97. The Bertz CT molecular complexity index is 434. The van der Waals surface area contributed by atoms with E-state index in [2.05, 4.69) is 42.2 Å². The maximum Gasteiger partial charge on any atom is 0.119 e. The fourth-order valence-electron chi connectivity index (χ4n) is 2.90. The number of rotatable bonds is 2. The van der Waals surface area contributed by atoms with Crippen molar-refractivity contribution < 1.29 is 4.74 Å². The van der Waals surface area contributed by atoms with Crippen LogP contribution in [-0.4, -0.2) is 18.9 Å². The van der Waals surface area contributed by atoms with Gasteiger partial charge in [-0.2, -0.15) is 0 Å². The standard InChI is InChI=1S/C14H19NOS/c1-3-11-9-17-14(15-11)7-6-10-4-5-12(16-2)8-13(10)14/h4-5,8,11,15H,3,6-7,9H2,1-2H3. The fraction of sp³-hybridized carbons (Fsp3) is 0.571. The summed E-state index contributed by atoms with van der Waals surface area (Å²) in [5.41, 5.74) is 2.94. The number of ether oxygens (including phenoxy) is 1. The molecule has 0 amide bonds. The van der Waals surface area contributed by atoms with Crippen LogP contribution in [0.25, 0.3) is 0 Å². The SMILES string of the molecule is CCC1CSC2(CCc3ccc(OC)cc32)N1. The fourth-order valence-corrected chi connectivity index (χ4v) is 4.54. The van der Waals surface area contributed by atoms with Gasteiger partial charge in [0, 0.05) is 11.8 Å². The van der Waals surface area contributed by atoms with Gasteiger partial charge in [0.15, 0.2) is 0 Å². The Morgan fingerprint density at radius 3 is 3.12 bits per heavy atom. The number of thioether (sulfide) groups is 1. The average Bonchev–Trinajstić information content (AvgIpc) is 2.95. The summed E-state index contributed by atoms with van der Waals surface area (Å²) in [6.07, 6.45) is 3.63. The van der Waals surface area contributed by atoms with E-state index < -0.39 is 0 Å². The third-order valence-electron chi connectivity index (χ3n) is 3.96. The van der Waals surface area contributed by atoms with Crippen molar-refractivity contribution in [1.82, 2.24) is 5.32 Å². The highest BCUT2D eigenvalue weighted by Gasteiger charge is 2.44. The van der Waals surface area contributed by atoms with Gasteiger partial charge in [0.1, 0.15) is 5.75 Å². The van der Waals surface area contributed by atoms with Crippen LogP contribution in [0.4, 0.5) is 0 Å². The van der Waals surface area contributed by atoms with Gasteiger partial charge in [-0.05, 0) is 42.5 Å². The van der Waals surface area contributed by atoms with E-state index in [1.165, 1.54) is 36.1 Å². The van der Waals surface area contributed by atoms with E-state index >= 15 is 0 Å². The summed E-state index contributed by atoms with van der Waals surface area (Å²) in [4.78, 5) is 0.171. The Hall–Kier alpha value is -0.670. The van der Waals surface area contributed by atoms with Gasteiger partial charge in [0.05, 0.1) is 12.0 Å². The van der Waals surface area contributed by atoms with Crippen LogP contribution in [0.1, 0.15) is 30.9 Å². The summed E-state index contributed by atoms with van der Waals surface area (Å²) in [5, 5.41) is 3.83. The molecule has 1 aromatic rings. The molecule has 2 aliphatic rings. The largest absolute Gasteiger partial charge is 0.497 e. The van der Waals surface area contributed by atoms with Crippen LogP contribution >= 0.6 is 11.8 Å². The molecule has 1 fully saturated rings. The van der Waals surface area contributed by atoms with E-state index in [9.17, 15) is 0 Å². The second-order valence-electron chi connectivity index (χ2n) is 4.91. The van der Waals surface area contributed by atoms with Crippen molar-refractivity contribution in [2.45, 2.75) is 37.1 Å². The monoisotopic (exact) mass is 249 g/mol. The smallest absolute Gasteiger partial charge is 0.119 e. The molecule has 1 aliphatic heterocycles. The van der Waals surface area contributed by atoms with Gasteiger partial charge in [-0.1, -0.05) is 13.0 Å². The quantitative estimate of drug-likeness (QED) is 0.871. The predicted octanol–water partition coefficient (Wildman–Crippen LogP) is 2.91. The van der Waals surface area contributed by atoms with Gasteiger partial charge in [0.25, 0.3) is 0 Å². The molecule has 1 aliphatic carbocycles. The number of nitrogens with one attached hydrogen (secondary N) is 1. The second-order valence-corrected chi connectivity index (χ2v) is 6.23. The lowest BCUT2D eigenvalue weighted by molar-refractivity contribution is 0.410. The summed E-state index contributed by atoms with van der Waals surface area (Å²) in [5.74, 6) is 2.21. The van der Waals surface area contributed by atoms with Gasteiger partial charge in [-0.15, -0.1) is 11.8 Å². The number of fused-ring (bicyclic) bond motifs is 2. The van der Waals surface area contributed by atoms with Crippen molar-refractivity contribution in [1.29, 1.82) is 0 Å². The zero-order chi connectivity index (χ0) is 11.9. The lowest BCUT2D eigenvalue weighted by Crippen LogP contribution is -2.37. The van der Waals surface area contributed by atoms with Crippen molar-refractivity contribution in [3.05, 3.63) is 29.3 Å². The maximum atomic E-state index is 5.36. The molecule has 1 saturated heterocycles. The first-order chi connectivity index (χ1) is 8.27. The predicted molar refractivity (Wildman–Crippen MR) is 72.7 cm³/mol. The highest BCUT2D eigenvalue weighted by Crippen LogP contribution is 2.50. The van der Waals surface area contributed by atoms with E-state index in [-0.39, 0.29) is 4.87 Å². The Morgan fingerprint density at radius 2 is 2.41 bits per heavy atom. The zero-order valence-electron chi connectivity index (χ0n) is 10.5. The first kappa shape index (κ1) is 11.4. The maximum absolute atomic E-state index is 5.36. The van der Waals surface area contributed by atoms with Gasteiger partial charge in [-0.25, -0.2) is 0 Å². The number of hydrogen-bond acceptors (Lipinski definition) is 3. The molecule has 0 saturated carbocycles. The summed E-state index contributed by atoms with van der Waals surface area (Å²) in [6, 6.07) is 7.19. The molecule has 2 unspecified atom stereocenters. The van der Waals surface area contributed by atoms with Gasteiger partial charge in [0.2, 0.25) is 0 Å². The molecule has 3 rings (SSSR count). The van der Waals surface area contributed by atoms with Crippen molar-refractivity contribution in [3.63, 3.8) is 0 Å². The number of benzene rings is 1. The Kier molecular flexibility index (Phi) is 2.83. The second kappa shape index (κ2) is 4.21. The van der Waals surface area contributed by atoms with E-state index in [1.807, 2.05) is 0 Å². The van der Waals surface area contributed by atoms with Crippen LogP contribution in [0.3, 0.4) is 0 Å². The van der Waals surface area contributed by atoms with E-state index in [1.54, 1.807) is 7.11 Å². The minimum Gasteiger partial charge on any atom is -0.497 e. The lowest BCUT2D eigenvalue weighted by atomic mass is 10.1. The molecule has 3 heteroatoms. The molecule has 1 aromatic carbocycles. The molecule has 2 atom stereocenters. The summed E-state index contributed by atoms with van der Waals surface area (Å²) >= 11 is 2.08. The molecule has 92 valence electrons. The zero-order valence-corrected chi connectivity index (χ0v) is 11.3. The van der Waals surface area contributed by atoms with Crippen LogP contribution in [0.5, 0.6) is 5.75 Å². The highest BCUT2D eigenvalue weighted by molar-refractivity contribution is 8.00. The Morgan fingerprint density at radius 1 is 1.53 bits per heavy atom. The first-order valence-electron chi connectivity index (χ1n) is 6.36. The van der Waals surface area contributed by atoms with Crippen LogP contribution in [0.2, 0.25) is 0 Å². The topological polar surface area (TPSA) is 21.3 Å². The van der Waals surface area contributed by atoms with Gasteiger partial charge < -0.3 is 4.74 Å². The van der Waals surface area contributed by atoms with Crippen LogP contribution in [0, 0.1) is 0 Å².